The number of nitrogens with zero attached hydrogens (tertiary/aromatic N) is 1. The molecule has 1 heterocycles. The van der Waals surface area contributed by atoms with E-state index in [9.17, 15) is 4.79 Å². The van der Waals surface area contributed by atoms with Crippen molar-refractivity contribution in [1.82, 2.24) is 4.98 Å². The normalized spacial score (nSPS) is 10.1. The molecule has 0 unspecified atom stereocenters. The molecule has 18 heavy (non-hydrogen) atoms. The van der Waals surface area contributed by atoms with Crippen LogP contribution in [0.25, 0.3) is 0 Å². The van der Waals surface area contributed by atoms with Crippen molar-refractivity contribution >= 4 is 28.9 Å². The summed E-state index contributed by atoms with van der Waals surface area (Å²) in [7, 11) is 0. The molecular weight excluding hydrogens is 250 g/mol. The number of nitrogen functional groups attached to an aromatic ring is 1. The molecule has 0 atom stereocenters. The van der Waals surface area contributed by atoms with Crippen molar-refractivity contribution in [2.75, 3.05) is 11.1 Å². The molecule has 0 fully saturated rings. The molecule has 5 heteroatoms. The van der Waals surface area contributed by atoms with Gasteiger partial charge in [0.05, 0.1) is 11.4 Å². The van der Waals surface area contributed by atoms with Crippen LogP contribution in [-0.2, 0) is 0 Å². The number of hydrogen-bond donors (Lipinski definition) is 2. The molecule has 4 nitrogen and oxygen atoms in total. The van der Waals surface area contributed by atoms with Crippen molar-refractivity contribution in [2.24, 2.45) is 0 Å². The number of benzene rings is 1. The Kier molecular flexibility index (Phi) is 3.48. The number of amides is 1. The fourth-order valence-electron chi connectivity index (χ4n) is 1.55. The zero-order valence-electron chi connectivity index (χ0n) is 9.77. The van der Waals surface area contributed by atoms with Crippen molar-refractivity contribution in [3.63, 3.8) is 0 Å². The number of hydrogen-bond acceptors (Lipinski definition) is 3. The van der Waals surface area contributed by atoms with Gasteiger partial charge in [-0.15, -0.1) is 0 Å². The van der Waals surface area contributed by atoms with Gasteiger partial charge < -0.3 is 11.1 Å². The van der Waals surface area contributed by atoms with Gasteiger partial charge in [0, 0.05) is 22.5 Å². The van der Waals surface area contributed by atoms with Gasteiger partial charge in [-0.2, -0.15) is 0 Å². The van der Waals surface area contributed by atoms with Gasteiger partial charge in [-0.25, -0.2) is 0 Å². The smallest absolute Gasteiger partial charge is 0.255 e. The molecule has 92 valence electrons. The van der Waals surface area contributed by atoms with Gasteiger partial charge >= 0.3 is 0 Å². The van der Waals surface area contributed by atoms with Crippen molar-refractivity contribution < 1.29 is 4.79 Å². The molecule has 0 bridgehead atoms. The van der Waals surface area contributed by atoms with Crippen molar-refractivity contribution in [3.05, 3.63) is 52.8 Å². The molecule has 1 aromatic heterocycles. The Balaban J connectivity index is 2.25. The molecule has 2 aromatic rings. The average molecular weight is 262 g/mol. The van der Waals surface area contributed by atoms with Gasteiger partial charge in [-0.1, -0.05) is 11.6 Å². The zero-order valence-corrected chi connectivity index (χ0v) is 10.5. The minimum Gasteiger partial charge on any atom is -0.399 e. The zero-order chi connectivity index (χ0) is 13.1. The Morgan fingerprint density at radius 2 is 2.17 bits per heavy atom. The van der Waals surface area contributed by atoms with Crippen LogP contribution in [-0.4, -0.2) is 10.9 Å². The van der Waals surface area contributed by atoms with Crippen molar-refractivity contribution in [2.45, 2.75) is 6.92 Å². The Hall–Kier alpha value is -2.07. The lowest BCUT2D eigenvalue weighted by molar-refractivity contribution is 0.102. The van der Waals surface area contributed by atoms with E-state index in [4.69, 9.17) is 17.3 Å². The number of carbonyl (C=O) groups excluding carboxylic acids is 1. The number of aromatic nitrogens is 1. The first-order chi connectivity index (χ1) is 8.56. The molecule has 0 radical (unpaired) electrons. The van der Waals surface area contributed by atoms with Gasteiger partial charge in [-0.3, -0.25) is 9.78 Å². The van der Waals surface area contributed by atoms with Crippen LogP contribution in [0.5, 0.6) is 0 Å². The lowest BCUT2D eigenvalue weighted by Gasteiger charge is -2.08. The van der Waals surface area contributed by atoms with Crippen LogP contribution in [0, 0.1) is 6.92 Å². The predicted octanol–water partition coefficient (Wildman–Crippen LogP) is 2.88. The van der Waals surface area contributed by atoms with E-state index < -0.39 is 0 Å². The number of nitrogens with one attached hydrogen (secondary N) is 1. The highest BCUT2D eigenvalue weighted by Gasteiger charge is 2.09. The molecule has 0 saturated heterocycles. The summed E-state index contributed by atoms with van der Waals surface area (Å²) in [6, 6.07) is 8.28. The molecule has 0 saturated carbocycles. The summed E-state index contributed by atoms with van der Waals surface area (Å²) in [5.41, 5.74) is 7.94. The predicted molar refractivity (Wildman–Crippen MR) is 72.8 cm³/mol. The molecular formula is C13H12ClN3O. The third-order valence-corrected chi connectivity index (χ3v) is 2.66. The summed E-state index contributed by atoms with van der Waals surface area (Å²) in [5.74, 6) is -0.264. The minimum absolute atomic E-state index is 0.264. The van der Waals surface area contributed by atoms with Gasteiger partial charge in [0.15, 0.2) is 0 Å². The second-order valence-corrected chi connectivity index (χ2v) is 4.30. The third-order valence-electron chi connectivity index (χ3n) is 2.44. The summed E-state index contributed by atoms with van der Waals surface area (Å²) in [4.78, 5) is 16.1. The van der Waals surface area contributed by atoms with E-state index in [0.29, 0.717) is 22.0 Å². The van der Waals surface area contributed by atoms with Crippen LogP contribution < -0.4 is 11.1 Å². The van der Waals surface area contributed by atoms with Gasteiger partial charge in [0.1, 0.15) is 0 Å². The summed E-state index contributed by atoms with van der Waals surface area (Å²) in [6.45, 7) is 1.82. The van der Waals surface area contributed by atoms with Crippen LogP contribution in [0.4, 0.5) is 11.4 Å². The largest absolute Gasteiger partial charge is 0.399 e. The topological polar surface area (TPSA) is 68.0 Å². The Morgan fingerprint density at radius 3 is 2.83 bits per heavy atom. The van der Waals surface area contributed by atoms with Crippen molar-refractivity contribution in [1.29, 1.82) is 0 Å². The van der Waals surface area contributed by atoms with Crippen LogP contribution in [0.15, 0.2) is 36.5 Å². The van der Waals surface area contributed by atoms with Crippen LogP contribution in [0.2, 0.25) is 5.02 Å². The Morgan fingerprint density at radius 1 is 1.39 bits per heavy atom. The summed E-state index contributed by atoms with van der Waals surface area (Å²) in [5, 5.41) is 3.20. The monoisotopic (exact) mass is 261 g/mol. The van der Waals surface area contributed by atoms with E-state index in [1.807, 2.05) is 6.92 Å². The lowest BCUT2D eigenvalue weighted by atomic mass is 10.2. The van der Waals surface area contributed by atoms with E-state index in [0.717, 1.165) is 5.69 Å². The Bertz CT molecular complexity index is 578. The van der Waals surface area contributed by atoms with Gasteiger partial charge in [-0.05, 0) is 37.3 Å². The van der Waals surface area contributed by atoms with Crippen LogP contribution in [0.1, 0.15) is 16.1 Å². The highest BCUT2D eigenvalue weighted by molar-refractivity contribution is 6.31. The standard InChI is InChI=1S/C13H12ClN3O/c1-8-12(3-2-4-16-8)17-13(18)9-5-10(14)7-11(15)6-9/h2-7H,15H2,1H3,(H,17,18). The molecule has 0 aliphatic heterocycles. The maximum atomic E-state index is 12.0. The van der Waals surface area contributed by atoms with Crippen LogP contribution >= 0.6 is 11.6 Å². The maximum Gasteiger partial charge on any atom is 0.255 e. The number of halogens is 1. The van der Waals surface area contributed by atoms with Crippen LogP contribution in [0.3, 0.4) is 0 Å². The van der Waals surface area contributed by atoms with E-state index >= 15 is 0 Å². The minimum atomic E-state index is -0.264. The SMILES string of the molecule is Cc1ncccc1NC(=O)c1cc(N)cc(Cl)c1. The molecule has 0 spiro atoms. The number of pyridine rings is 1. The molecule has 0 aliphatic carbocycles. The number of anilines is 2. The van der Waals surface area contributed by atoms with Gasteiger partial charge in [0.2, 0.25) is 0 Å². The maximum absolute atomic E-state index is 12.0. The second-order valence-electron chi connectivity index (χ2n) is 3.86. The lowest BCUT2D eigenvalue weighted by Crippen LogP contribution is -2.13. The molecule has 2 rings (SSSR count). The molecule has 3 N–H and O–H groups in total. The number of nitrogens with two attached hydrogens (primary N) is 1. The Labute approximate surface area is 110 Å². The quantitative estimate of drug-likeness (QED) is 0.817. The van der Waals surface area contributed by atoms with Crippen molar-refractivity contribution in [3.8, 4) is 0 Å². The highest BCUT2D eigenvalue weighted by Crippen LogP contribution is 2.18. The van der Waals surface area contributed by atoms with E-state index in [1.54, 1.807) is 36.5 Å². The molecule has 1 aromatic carbocycles. The highest BCUT2D eigenvalue weighted by atomic mass is 35.5. The first-order valence-electron chi connectivity index (χ1n) is 5.35. The van der Waals surface area contributed by atoms with E-state index in [-0.39, 0.29) is 5.91 Å². The average Bonchev–Trinajstić information content (AvgIpc) is 2.31. The molecule has 0 aliphatic rings. The third kappa shape index (κ3) is 2.78. The summed E-state index contributed by atoms with van der Waals surface area (Å²) < 4.78 is 0. The second kappa shape index (κ2) is 5.06. The fourth-order valence-corrected chi connectivity index (χ4v) is 1.80. The summed E-state index contributed by atoms with van der Waals surface area (Å²) >= 11 is 5.86. The van der Waals surface area contributed by atoms with E-state index in [2.05, 4.69) is 10.3 Å². The first-order valence-corrected chi connectivity index (χ1v) is 5.73. The van der Waals surface area contributed by atoms with E-state index in [1.165, 1.54) is 0 Å². The first kappa shape index (κ1) is 12.4. The van der Waals surface area contributed by atoms with Gasteiger partial charge in [0.25, 0.3) is 5.91 Å². The molecule has 1 amide bonds. The number of aryl methyl sites for hydroxylation is 1. The summed E-state index contributed by atoms with van der Waals surface area (Å²) in [6.07, 6.45) is 1.67. The number of rotatable bonds is 2. The number of carbonyl (C=O) groups is 1. The fraction of sp³-hybridized carbons (Fsp3) is 0.0769.